The summed E-state index contributed by atoms with van der Waals surface area (Å²) < 4.78 is 18.5. The van der Waals surface area contributed by atoms with Crippen LogP contribution in [0, 0.1) is 5.82 Å². The van der Waals surface area contributed by atoms with Gasteiger partial charge in [0.2, 0.25) is 0 Å². The molecule has 1 heterocycles. The highest BCUT2D eigenvalue weighted by Crippen LogP contribution is 2.20. The molecule has 30 heavy (non-hydrogen) atoms. The Bertz CT molecular complexity index is 907. The van der Waals surface area contributed by atoms with Gasteiger partial charge in [0.15, 0.2) is 6.10 Å². The largest absolute Gasteiger partial charge is 0.497 e. The van der Waals surface area contributed by atoms with Crippen LogP contribution < -0.4 is 10.1 Å². The van der Waals surface area contributed by atoms with Crippen LogP contribution in [0.3, 0.4) is 0 Å². The molecule has 1 aliphatic rings. The SMILES string of the molecule is COc1cccc(CN(C[C@@H]2CC(c3ccc(F)cc3)=NO2)C(=O)NC(C)(C)C)c1. The van der Waals surface area contributed by atoms with Crippen LogP contribution in [0.15, 0.2) is 53.7 Å². The maximum Gasteiger partial charge on any atom is 0.318 e. The second-order valence-corrected chi connectivity index (χ2v) is 8.39. The minimum absolute atomic E-state index is 0.177. The van der Waals surface area contributed by atoms with Crippen molar-refractivity contribution in [3.05, 3.63) is 65.5 Å². The summed E-state index contributed by atoms with van der Waals surface area (Å²) in [5, 5.41) is 7.17. The van der Waals surface area contributed by atoms with Gasteiger partial charge in [-0.3, -0.25) is 0 Å². The molecule has 2 amide bonds. The number of nitrogens with one attached hydrogen (secondary N) is 1. The average Bonchev–Trinajstić information content (AvgIpc) is 3.15. The lowest BCUT2D eigenvalue weighted by Gasteiger charge is -2.29. The molecule has 3 rings (SSSR count). The maximum absolute atomic E-state index is 13.2. The summed E-state index contributed by atoms with van der Waals surface area (Å²) >= 11 is 0. The fraction of sp³-hybridized carbons (Fsp3) is 0.391. The van der Waals surface area contributed by atoms with E-state index in [4.69, 9.17) is 9.57 Å². The normalized spacial score (nSPS) is 15.9. The Morgan fingerprint density at radius 1 is 1.27 bits per heavy atom. The Morgan fingerprint density at radius 3 is 2.67 bits per heavy atom. The van der Waals surface area contributed by atoms with Gasteiger partial charge in [-0.05, 0) is 56.2 Å². The number of amides is 2. The van der Waals surface area contributed by atoms with Crippen LogP contribution in [0.4, 0.5) is 9.18 Å². The molecule has 0 aromatic heterocycles. The van der Waals surface area contributed by atoms with Gasteiger partial charge in [-0.25, -0.2) is 9.18 Å². The van der Waals surface area contributed by atoms with Crippen LogP contribution in [0.5, 0.6) is 5.75 Å². The summed E-state index contributed by atoms with van der Waals surface area (Å²) in [4.78, 5) is 20.3. The number of hydrogen-bond donors (Lipinski definition) is 1. The van der Waals surface area contributed by atoms with E-state index >= 15 is 0 Å². The lowest BCUT2D eigenvalue weighted by Crippen LogP contribution is -2.50. The first kappa shape index (κ1) is 21.6. The van der Waals surface area contributed by atoms with E-state index in [0.29, 0.717) is 19.5 Å². The third-order valence-electron chi connectivity index (χ3n) is 4.61. The first-order valence-electron chi connectivity index (χ1n) is 9.92. The lowest BCUT2D eigenvalue weighted by atomic mass is 10.0. The summed E-state index contributed by atoms with van der Waals surface area (Å²) in [5.41, 5.74) is 2.15. The number of hydrogen-bond acceptors (Lipinski definition) is 4. The fourth-order valence-electron chi connectivity index (χ4n) is 3.20. The lowest BCUT2D eigenvalue weighted by molar-refractivity contribution is 0.0580. The van der Waals surface area contributed by atoms with Gasteiger partial charge < -0.3 is 19.8 Å². The van der Waals surface area contributed by atoms with Crippen LogP contribution >= 0.6 is 0 Å². The Labute approximate surface area is 176 Å². The molecule has 6 nitrogen and oxygen atoms in total. The molecule has 0 aliphatic carbocycles. The number of oxime groups is 1. The van der Waals surface area contributed by atoms with Gasteiger partial charge in [-0.1, -0.05) is 29.4 Å². The Morgan fingerprint density at radius 2 is 2.00 bits per heavy atom. The smallest absolute Gasteiger partial charge is 0.318 e. The van der Waals surface area contributed by atoms with Crippen molar-refractivity contribution in [2.24, 2.45) is 5.16 Å². The molecular weight excluding hydrogens is 385 g/mol. The predicted octanol–water partition coefficient (Wildman–Crippen LogP) is 4.34. The molecule has 1 N–H and O–H groups in total. The molecular formula is C23H28FN3O3. The number of ether oxygens (including phenoxy) is 1. The van der Waals surface area contributed by atoms with E-state index in [1.54, 1.807) is 24.1 Å². The van der Waals surface area contributed by atoms with Crippen LogP contribution in [-0.4, -0.2) is 41.9 Å². The van der Waals surface area contributed by atoms with E-state index in [1.165, 1.54) is 12.1 Å². The molecule has 0 spiro atoms. The zero-order chi connectivity index (χ0) is 21.7. The monoisotopic (exact) mass is 413 g/mol. The summed E-state index contributed by atoms with van der Waals surface area (Å²) in [6, 6.07) is 13.6. The summed E-state index contributed by atoms with van der Waals surface area (Å²) in [7, 11) is 1.61. The molecule has 0 saturated carbocycles. The molecule has 1 atom stereocenters. The van der Waals surface area contributed by atoms with Crippen LogP contribution in [0.2, 0.25) is 0 Å². The minimum atomic E-state index is -0.365. The van der Waals surface area contributed by atoms with Crippen molar-refractivity contribution in [2.45, 2.75) is 45.4 Å². The van der Waals surface area contributed by atoms with Gasteiger partial charge in [-0.15, -0.1) is 0 Å². The molecule has 160 valence electrons. The number of carbonyl (C=O) groups is 1. The van der Waals surface area contributed by atoms with E-state index in [9.17, 15) is 9.18 Å². The highest BCUT2D eigenvalue weighted by atomic mass is 19.1. The van der Waals surface area contributed by atoms with Crippen molar-refractivity contribution in [3.63, 3.8) is 0 Å². The molecule has 2 aromatic rings. The number of carbonyl (C=O) groups excluding carboxylic acids is 1. The Balaban J connectivity index is 1.70. The molecule has 1 aliphatic heterocycles. The van der Waals surface area contributed by atoms with Gasteiger partial charge in [0.25, 0.3) is 0 Å². The van der Waals surface area contributed by atoms with E-state index in [2.05, 4.69) is 10.5 Å². The predicted molar refractivity (Wildman–Crippen MR) is 114 cm³/mol. The van der Waals surface area contributed by atoms with E-state index in [1.807, 2.05) is 45.0 Å². The first-order valence-corrected chi connectivity index (χ1v) is 9.92. The van der Waals surface area contributed by atoms with Gasteiger partial charge in [0.05, 0.1) is 19.4 Å². The van der Waals surface area contributed by atoms with Gasteiger partial charge in [-0.2, -0.15) is 0 Å². The van der Waals surface area contributed by atoms with E-state index in [-0.39, 0.29) is 23.5 Å². The third kappa shape index (κ3) is 5.95. The van der Waals surface area contributed by atoms with Gasteiger partial charge in [0.1, 0.15) is 11.6 Å². The number of benzene rings is 2. The molecule has 0 radical (unpaired) electrons. The van der Waals surface area contributed by atoms with Gasteiger partial charge in [0, 0.05) is 18.5 Å². The molecule has 2 aromatic carbocycles. The van der Waals surface area contributed by atoms with Crippen molar-refractivity contribution < 1.29 is 18.8 Å². The number of nitrogens with zero attached hydrogens (tertiary/aromatic N) is 2. The summed E-state index contributed by atoms with van der Waals surface area (Å²) in [6.07, 6.45) is 0.268. The second-order valence-electron chi connectivity index (χ2n) is 8.39. The number of halogens is 1. The second kappa shape index (κ2) is 9.15. The molecule has 0 bridgehead atoms. The van der Waals surface area contributed by atoms with E-state index in [0.717, 1.165) is 22.6 Å². The Kier molecular flexibility index (Phi) is 6.59. The van der Waals surface area contributed by atoms with Crippen LogP contribution in [-0.2, 0) is 11.4 Å². The quantitative estimate of drug-likeness (QED) is 0.766. The van der Waals surface area contributed by atoms with E-state index < -0.39 is 0 Å². The number of methoxy groups -OCH3 is 1. The standard InChI is InChI=1S/C23H28FN3O3/c1-23(2,3)25-22(28)27(14-16-6-5-7-19(12-16)29-4)15-20-13-21(26-30-20)17-8-10-18(24)11-9-17/h5-12,20H,13-15H2,1-4H3,(H,25,28)/t20-/m0/s1. The molecule has 7 heteroatoms. The number of urea groups is 1. The van der Waals surface area contributed by atoms with Crippen LogP contribution in [0.25, 0.3) is 0 Å². The van der Waals surface area contributed by atoms with Crippen molar-refractivity contribution in [3.8, 4) is 5.75 Å². The molecule has 0 unspecified atom stereocenters. The number of rotatable bonds is 6. The maximum atomic E-state index is 13.2. The zero-order valence-electron chi connectivity index (χ0n) is 17.8. The van der Waals surface area contributed by atoms with Crippen LogP contribution in [0.1, 0.15) is 38.3 Å². The van der Waals surface area contributed by atoms with Crippen molar-refractivity contribution >= 4 is 11.7 Å². The topological polar surface area (TPSA) is 63.2 Å². The average molecular weight is 413 g/mol. The zero-order valence-corrected chi connectivity index (χ0v) is 17.8. The minimum Gasteiger partial charge on any atom is -0.497 e. The summed E-state index contributed by atoms with van der Waals surface area (Å²) in [5.74, 6) is 0.445. The first-order chi connectivity index (χ1) is 14.2. The molecule has 0 fully saturated rings. The Hall–Kier alpha value is -3.09. The summed E-state index contributed by atoms with van der Waals surface area (Å²) in [6.45, 7) is 6.60. The van der Waals surface area contributed by atoms with Crippen molar-refractivity contribution in [2.75, 3.05) is 13.7 Å². The molecule has 0 saturated heterocycles. The highest BCUT2D eigenvalue weighted by Gasteiger charge is 2.28. The van der Waals surface area contributed by atoms with Crippen molar-refractivity contribution in [1.82, 2.24) is 10.2 Å². The highest BCUT2D eigenvalue weighted by molar-refractivity contribution is 6.01. The fourth-order valence-corrected chi connectivity index (χ4v) is 3.20. The van der Waals surface area contributed by atoms with Crippen molar-refractivity contribution in [1.29, 1.82) is 0 Å². The van der Waals surface area contributed by atoms with Gasteiger partial charge >= 0.3 is 6.03 Å². The third-order valence-corrected chi connectivity index (χ3v) is 4.61.